The van der Waals surface area contributed by atoms with E-state index in [-0.39, 0.29) is 0 Å². The van der Waals surface area contributed by atoms with E-state index in [2.05, 4.69) is 84.3 Å². The van der Waals surface area contributed by atoms with Crippen LogP contribution in [0.1, 0.15) is 44.1 Å². The van der Waals surface area contributed by atoms with Crippen molar-refractivity contribution < 1.29 is 4.42 Å². The van der Waals surface area contributed by atoms with E-state index in [1.807, 2.05) is 19.1 Å². The van der Waals surface area contributed by atoms with E-state index >= 15 is 0 Å². The Bertz CT molecular complexity index is 1360. The lowest BCUT2D eigenvalue weighted by atomic mass is 10.0. The van der Waals surface area contributed by atoms with Gasteiger partial charge in [0.05, 0.1) is 17.7 Å². The van der Waals surface area contributed by atoms with Gasteiger partial charge in [0, 0.05) is 44.0 Å². The number of allylic oxidation sites excluding steroid dienone is 2. The van der Waals surface area contributed by atoms with E-state index in [0.717, 1.165) is 61.8 Å². The van der Waals surface area contributed by atoms with Crippen molar-refractivity contribution >= 4 is 23.1 Å². The van der Waals surface area contributed by atoms with Crippen molar-refractivity contribution in [1.82, 2.24) is 9.91 Å². The van der Waals surface area contributed by atoms with Gasteiger partial charge in [-0.25, -0.2) is 10.0 Å². The topological polar surface area (TPSA) is 73.6 Å². The first-order valence-corrected chi connectivity index (χ1v) is 13.3. The van der Waals surface area contributed by atoms with Crippen molar-refractivity contribution in [2.75, 3.05) is 31.1 Å². The van der Waals surface area contributed by atoms with E-state index in [4.69, 9.17) is 20.2 Å². The first-order valence-electron chi connectivity index (χ1n) is 13.3. The lowest BCUT2D eigenvalue weighted by molar-refractivity contribution is 0.250. The molecule has 2 aliphatic heterocycles. The maximum Gasteiger partial charge on any atom is 0.222 e. The molecule has 0 amide bonds. The van der Waals surface area contributed by atoms with Crippen molar-refractivity contribution in [3.63, 3.8) is 0 Å². The minimum absolute atomic E-state index is 0.346. The quantitative estimate of drug-likeness (QED) is 0.416. The predicted octanol–water partition coefficient (Wildman–Crippen LogP) is 5.68. The van der Waals surface area contributed by atoms with E-state index in [9.17, 15) is 0 Å². The first-order chi connectivity index (χ1) is 18.5. The largest absolute Gasteiger partial charge is 0.463 e. The molecule has 3 aromatic rings. The normalized spacial score (nSPS) is 18.3. The third kappa shape index (κ3) is 5.73. The second kappa shape index (κ2) is 11.5. The highest BCUT2D eigenvalue weighted by Crippen LogP contribution is 2.29. The summed E-state index contributed by atoms with van der Waals surface area (Å²) >= 11 is 0. The maximum absolute atomic E-state index is 6.49. The van der Waals surface area contributed by atoms with Crippen LogP contribution in [-0.4, -0.2) is 47.8 Å². The molecule has 196 valence electrons. The van der Waals surface area contributed by atoms with E-state index in [1.165, 1.54) is 16.8 Å². The molecule has 2 N–H and O–H groups in total. The molecule has 1 saturated heterocycles. The molecular weight excluding hydrogens is 472 g/mol. The Hall–Kier alpha value is -4.10. The number of hydrazone groups is 1. The van der Waals surface area contributed by atoms with Gasteiger partial charge in [-0.1, -0.05) is 43.3 Å². The van der Waals surface area contributed by atoms with Gasteiger partial charge in [0.15, 0.2) is 0 Å². The number of rotatable bonds is 7. The summed E-state index contributed by atoms with van der Waals surface area (Å²) in [6, 6.07) is 23.1. The zero-order valence-electron chi connectivity index (χ0n) is 22.5. The summed E-state index contributed by atoms with van der Waals surface area (Å²) in [5.41, 5.74) is 13.8. The number of para-hydroxylation sites is 1. The van der Waals surface area contributed by atoms with Crippen molar-refractivity contribution in [2.45, 2.75) is 33.7 Å². The minimum atomic E-state index is 0.346. The molecule has 7 heteroatoms. The number of nitrogens with zero attached hydrogens (tertiary/aromatic N) is 5. The molecule has 0 radical (unpaired) electrons. The molecule has 2 aromatic carbocycles. The van der Waals surface area contributed by atoms with Crippen LogP contribution in [0.2, 0.25) is 0 Å². The molecule has 3 heterocycles. The summed E-state index contributed by atoms with van der Waals surface area (Å²) in [6.45, 7) is 11.2. The fourth-order valence-electron chi connectivity index (χ4n) is 4.83. The number of furan rings is 1. The number of hydrogen-bond acceptors (Lipinski definition) is 7. The van der Waals surface area contributed by atoms with Gasteiger partial charge in [0.1, 0.15) is 11.5 Å². The number of piperazine rings is 1. The Morgan fingerprint density at radius 3 is 2.47 bits per heavy atom. The minimum Gasteiger partial charge on any atom is -0.463 e. The van der Waals surface area contributed by atoms with Gasteiger partial charge in [0.2, 0.25) is 5.96 Å². The van der Waals surface area contributed by atoms with Crippen LogP contribution in [0.3, 0.4) is 0 Å². The Morgan fingerprint density at radius 1 is 0.974 bits per heavy atom. The number of nitrogens with two attached hydrogens (primary N) is 1. The monoisotopic (exact) mass is 508 g/mol. The summed E-state index contributed by atoms with van der Waals surface area (Å²) in [6.07, 6.45) is 4.61. The van der Waals surface area contributed by atoms with E-state index < -0.39 is 0 Å². The fourth-order valence-corrected chi connectivity index (χ4v) is 4.83. The Kier molecular flexibility index (Phi) is 7.75. The summed E-state index contributed by atoms with van der Waals surface area (Å²) in [7, 11) is 0. The standard InChI is InChI=1S/C31H36N6O/c1-4-23(2)29-21-28(33-31(32)37(29)34-24(3)30-14-9-19-38-30)26-11-8-10-25(20-26)22-35-15-17-36(18-16-35)27-12-6-5-7-13-27/h5-14,19-21H,4,15-18,22H2,1-3H3,(H2,32,33)/b29-23+,34-24+. The zero-order chi connectivity index (χ0) is 26.5. The van der Waals surface area contributed by atoms with Crippen LogP contribution in [0, 0.1) is 0 Å². The smallest absolute Gasteiger partial charge is 0.222 e. The van der Waals surface area contributed by atoms with Crippen molar-refractivity contribution in [2.24, 2.45) is 15.8 Å². The molecule has 0 spiro atoms. The number of anilines is 1. The predicted molar refractivity (Wildman–Crippen MR) is 156 cm³/mol. The Labute approximate surface area is 225 Å². The van der Waals surface area contributed by atoms with E-state index in [1.54, 1.807) is 11.3 Å². The van der Waals surface area contributed by atoms with Gasteiger partial charge in [-0.05, 0) is 67.8 Å². The van der Waals surface area contributed by atoms with Crippen LogP contribution in [0.15, 0.2) is 105 Å². The van der Waals surface area contributed by atoms with Crippen LogP contribution >= 0.6 is 0 Å². The Morgan fingerprint density at radius 2 is 1.76 bits per heavy atom. The number of aliphatic imine (C=N–C) groups is 1. The molecule has 2 aliphatic rings. The maximum atomic E-state index is 6.49. The zero-order valence-corrected chi connectivity index (χ0v) is 22.5. The molecule has 0 atom stereocenters. The third-order valence-corrected chi connectivity index (χ3v) is 7.17. The molecule has 1 aromatic heterocycles. The van der Waals surface area contributed by atoms with Crippen LogP contribution in [0.5, 0.6) is 0 Å². The summed E-state index contributed by atoms with van der Waals surface area (Å²) in [5, 5.41) is 6.47. The van der Waals surface area contributed by atoms with E-state index in [0.29, 0.717) is 11.7 Å². The highest BCUT2D eigenvalue weighted by atomic mass is 16.3. The summed E-state index contributed by atoms with van der Waals surface area (Å²) < 4.78 is 5.51. The molecule has 0 unspecified atom stereocenters. The van der Waals surface area contributed by atoms with Gasteiger partial charge in [-0.15, -0.1) is 0 Å². The number of guanidine groups is 1. The number of hydrogen-bond donors (Lipinski definition) is 1. The molecule has 0 saturated carbocycles. The molecule has 1 fully saturated rings. The molecule has 0 bridgehead atoms. The average Bonchev–Trinajstić information content (AvgIpc) is 3.50. The molecule has 7 nitrogen and oxygen atoms in total. The Balaban J connectivity index is 1.33. The second-order valence-electron chi connectivity index (χ2n) is 9.79. The van der Waals surface area contributed by atoms with Crippen LogP contribution in [0.25, 0.3) is 5.70 Å². The lowest BCUT2D eigenvalue weighted by Gasteiger charge is -2.36. The van der Waals surface area contributed by atoms with Gasteiger partial charge >= 0.3 is 0 Å². The highest BCUT2D eigenvalue weighted by Gasteiger charge is 2.22. The molecule has 0 aliphatic carbocycles. The highest BCUT2D eigenvalue weighted by molar-refractivity contribution is 5.98. The summed E-state index contributed by atoms with van der Waals surface area (Å²) in [5.74, 6) is 1.05. The molecular formula is C31H36N6O. The second-order valence-corrected chi connectivity index (χ2v) is 9.79. The third-order valence-electron chi connectivity index (χ3n) is 7.17. The van der Waals surface area contributed by atoms with Gasteiger partial charge in [0.25, 0.3) is 0 Å². The summed E-state index contributed by atoms with van der Waals surface area (Å²) in [4.78, 5) is 9.74. The first kappa shape index (κ1) is 25.5. The number of benzene rings is 2. The molecule has 38 heavy (non-hydrogen) atoms. The van der Waals surface area contributed by atoms with Gasteiger partial charge in [-0.3, -0.25) is 4.90 Å². The van der Waals surface area contributed by atoms with Crippen molar-refractivity contribution in [1.29, 1.82) is 0 Å². The average molecular weight is 509 g/mol. The van der Waals surface area contributed by atoms with Gasteiger partial charge < -0.3 is 15.1 Å². The van der Waals surface area contributed by atoms with Crippen LogP contribution in [-0.2, 0) is 6.54 Å². The molecule has 5 rings (SSSR count). The van der Waals surface area contributed by atoms with Crippen molar-refractivity contribution in [3.05, 3.63) is 107 Å². The van der Waals surface area contributed by atoms with Crippen LogP contribution in [0.4, 0.5) is 5.69 Å². The van der Waals surface area contributed by atoms with Gasteiger partial charge in [-0.2, -0.15) is 5.10 Å². The lowest BCUT2D eigenvalue weighted by Crippen LogP contribution is -2.45. The van der Waals surface area contributed by atoms with Crippen LogP contribution < -0.4 is 10.6 Å². The SMILES string of the molecule is CC/C(C)=C1\C=C(c2cccc(CN3CCN(c4ccccc4)CC3)c2)N=C(N)N1/N=C(\C)c1ccco1. The van der Waals surface area contributed by atoms with Crippen molar-refractivity contribution in [3.8, 4) is 0 Å². The fraction of sp³-hybridized carbons (Fsp3) is 0.290.